The molecule has 1 radical (unpaired) electrons. The van der Waals surface area contributed by atoms with Gasteiger partial charge in [-0.1, -0.05) is 56.7 Å². The first kappa shape index (κ1) is 11.2. The highest BCUT2D eigenvalue weighted by atomic mass is 14.1. The molecule has 0 saturated carbocycles. The van der Waals surface area contributed by atoms with Crippen molar-refractivity contribution in [3.05, 3.63) is 54.4 Å². The standard InChI is InChI=1S/C16H19/c1-3-7-13-11-14(8-4-2)16-10-6-5-9-15(16)12-13/h5-6,9-12H,2-4,7-8H2,1H3. The molecule has 2 aromatic rings. The Hall–Kier alpha value is -1.30. The van der Waals surface area contributed by atoms with Gasteiger partial charge < -0.3 is 0 Å². The van der Waals surface area contributed by atoms with Crippen molar-refractivity contribution in [2.24, 2.45) is 0 Å². The van der Waals surface area contributed by atoms with Gasteiger partial charge in [-0.15, -0.1) is 0 Å². The highest BCUT2D eigenvalue weighted by molar-refractivity contribution is 5.86. The monoisotopic (exact) mass is 211 g/mol. The molecule has 0 N–H and O–H groups in total. The molecule has 0 bridgehead atoms. The van der Waals surface area contributed by atoms with E-state index in [-0.39, 0.29) is 0 Å². The minimum Gasteiger partial charge on any atom is -0.0651 e. The molecule has 16 heavy (non-hydrogen) atoms. The van der Waals surface area contributed by atoms with Crippen molar-refractivity contribution < 1.29 is 0 Å². The maximum absolute atomic E-state index is 3.96. The van der Waals surface area contributed by atoms with Gasteiger partial charge in [-0.05, 0) is 41.2 Å². The van der Waals surface area contributed by atoms with Gasteiger partial charge in [0.1, 0.15) is 0 Å². The molecule has 0 nitrogen and oxygen atoms in total. The van der Waals surface area contributed by atoms with Crippen LogP contribution in [0.4, 0.5) is 0 Å². The molecule has 0 fully saturated rings. The molecule has 0 heterocycles. The van der Waals surface area contributed by atoms with E-state index in [1.165, 1.54) is 34.7 Å². The lowest BCUT2D eigenvalue weighted by Gasteiger charge is -2.09. The molecule has 0 saturated heterocycles. The maximum Gasteiger partial charge on any atom is -0.0152 e. The fourth-order valence-electron chi connectivity index (χ4n) is 2.29. The number of hydrogen-bond donors (Lipinski definition) is 0. The smallest absolute Gasteiger partial charge is 0.0152 e. The van der Waals surface area contributed by atoms with Crippen LogP contribution in [0, 0.1) is 6.92 Å². The lowest BCUT2D eigenvalue weighted by atomic mass is 9.96. The molecule has 83 valence electrons. The first-order valence-corrected chi connectivity index (χ1v) is 6.15. The second-order valence-corrected chi connectivity index (χ2v) is 4.33. The van der Waals surface area contributed by atoms with Gasteiger partial charge in [-0.25, -0.2) is 0 Å². The van der Waals surface area contributed by atoms with E-state index in [1.807, 2.05) is 0 Å². The minimum absolute atomic E-state index is 0.972. The Labute approximate surface area is 98.3 Å². The van der Waals surface area contributed by atoms with Crippen LogP contribution in [-0.2, 0) is 12.8 Å². The Bertz CT molecular complexity index is 468. The predicted molar refractivity (Wildman–Crippen MR) is 71.6 cm³/mol. The lowest BCUT2D eigenvalue weighted by Crippen LogP contribution is -1.91. The van der Waals surface area contributed by atoms with Crippen molar-refractivity contribution in [2.75, 3.05) is 0 Å². The largest absolute Gasteiger partial charge is 0.0651 e. The molecular formula is C16H19. The topological polar surface area (TPSA) is 0 Å². The summed E-state index contributed by atoms with van der Waals surface area (Å²) >= 11 is 0. The zero-order valence-electron chi connectivity index (χ0n) is 10.00. The normalized spacial score (nSPS) is 10.9. The van der Waals surface area contributed by atoms with Crippen LogP contribution in [0.1, 0.15) is 30.9 Å². The molecule has 0 aromatic heterocycles. The Balaban J connectivity index is 2.54. The van der Waals surface area contributed by atoms with Gasteiger partial charge in [-0.2, -0.15) is 0 Å². The third-order valence-electron chi connectivity index (χ3n) is 2.99. The summed E-state index contributed by atoms with van der Waals surface area (Å²) in [4.78, 5) is 0. The molecule has 0 heteroatoms. The van der Waals surface area contributed by atoms with Crippen LogP contribution in [0.15, 0.2) is 36.4 Å². The first-order chi connectivity index (χ1) is 7.85. The summed E-state index contributed by atoms with van der Waals surface area (Å²) in [6.45, 7) is 6.20. The number of benzene rings is 2. The SMILES string of the molecule is [CH2]CCc1cc(CCC)cc2ccccc12. The fraction of sp³-hybridized carbons (Fsp3) is 0.312. The summed E-state index contributed by atoms with van der Waals surface area (Å²) in [7, 11) is 0. The molecule has 0 atom stereocenters. The van der Waals surface area contributed by atoms with Crippen LogP contribution in [-0.4, -0.2) is 0 Å². The van der Waals surface area contributed by atoms with Gasteiger partial charge in [-0.3, -0.25) is 0 Å². The zero-order chi connectivity index (χ0) is 11.4. The van der Waals surface area contributed by atoms with Crippen LogP contribution < -0.4 is 0 Å². The van der Waals surface area contributed by atoms with Crippen LogP contribution in [0.3, 0.4) is 0 Å². The summed E-state index contributed by atoms with van der Waals surface area (Å²) in [6.07, 6.45) is 4.44. The predicted octanol–water partition coefficient (Wildman–Crippen LogP) is 4.56. The molecule has 0 amide bonds. The van der Waals surface area contributed by atoms with Crippen molar-refractivity contribution in [3.8, 4) is 0 Å². The third kappa shape index (κ3) is 2.27. The van der Waals surface area contributed by atoms with Gasteiger partial charge >= 0.3 is 0 Å². The van der Waals surface area contributed by atoms with Crippen molar-refractivity contribution in [1.29, 1.82) is 0 Å². The Morgan fingerprint density at radius 1 is 1.06 bits per heavy atom. The van der Waals surface area contributed by atoms with E-state index in [4.69, 9.17) is 0 Å². The second-order valence-electron chi connectivity index (χ2n) is 4.33. The highest BCUT2D eigenvalue weighted by Crippen LogP contribution is 2.23. The quantitative estimate of drug-likeness (QED) is 0.695. The minimum atomic E-state index is 0.972. The van der Waals surface area contributed by atoms with Gasteiger partial charge in [0, 0.05) is 0 Å². The Morgan fingerprint density at radius 2 is 1.88 bits per heavy atom. The molecular weight excluding hydrogens is 192 g/mol. The van der Waals surface area contributed by atoms with Crippen molar-refractivity contribution in [2.45, 2.75) is 32.6 Å². The summed E-state index contributed by atoms with van der Waals surface area (Å²) in [5.41, 5.74) is 2.92. The van der Waals surface area contributed by atoms with E-state index in [9.17, 15) is 0 Å². The average Bonchev–Trinajstić information content (AvgIpc) is 2.30. The third-order valence-corrected chi connectivity index (χ3v) is 2.99. The molecule has 0 aliphatic carbocycles. The number of aryl methyl sites for hydroxylation is 2. The summed E-state index contributed by atoms with van der Waals surface area (Å²) < 4.78 is 0. The van der Waals surface area contributed by atoms with Crippen LogP contribution in [0.5, 0.6) is 0 Å². The summed E-state index contributed by atoms with van der Waals surface area (Å²) in [5.74, 6) is 0. The number of hydrogen-bond acceptors (Lipinski definition) is 0. The Kier molecular flexibility index (Phi) is 3.61. The van der Waals surface area contributed by atoms with Crippen LogP contribution in [0.2, 0.25) is 0 Å². The summed E-state index contributed by atoms with van der Waals surface area (Å²) in [5, 5.41) is 2.77. The Morgan fingerprint density at radius 3 is 2.62 bits per heavy atom. The molecule has 0 spiro atoms. The number of rotatable bonds is 4. The van der Waals surface area contributed by atoms with E-state index in [0.717, 1.165) is 12.8 Å². The molecule has 2 aromatic carbocycles. The van der Waals surface area contributed by atoms with E-state index in [0.29, 0.717) is 0 Å². The fourth-order valence-corrected chi connectivity index (χ4v) is 2.29. The van der Waals surface area contributed by atoms with Gasteiger partial charge in [0.25, 0.3) is 0 Å². The second kappa shape index (κ2) is 5.16. The van der Waals surface area contributed by atoms with Crippen molar-refractivity contribution in [1.82, 2.24) is 0 Å². The highest BCUT2D eigenvalue weighted by Gasteiger charge is 2.02. The van der Waals surface area contributed by atoms with E-state index in [2.05, 4.69) is 50.2 Å². The van der Waals surface area contributed by atoms with Gasteiger partial charge in [0.05, 0.1) is 0 Å². The number of fused-ring (bicyclic) bond motifs is 1. The van der Waals surface area contributed by atoms with Crippen LogP contribution >= 0.6 is 0 Å². The van der Waals surface area contributed by atoms with E-state index < -0.39 is 0 Å². The molecule has 0 unspecified atom stereocenters. The average molecular weight is 211 g/mol. The molecule has 0 aliphatic heterocycles. The molecule has 2 rings (SSSR count). The maximum atomic E-state index is 3.96. The van der Waals surface area contributed by atoms with E-state index >= 15 is 0 Å². The summed E-state index contributed by atoms with van der Waals surface area (Å²) in [6, 6.07) is 13.3. The van der Waals surface area contributed by atoms with Crippen LogP contribution in [0.25, 0.3) is 10.8 Å². The van der Waals surface area contributed by atoms with Gasteiger partial charge in [0.2, 0.25) is 0 Å². The zero-order valence-corrected chi connectivity index (χ0v) is 10.00. The van der Waals surface area contributed by atoms with Gasteiger partial charge in [0.15, 0.2) is 0 Å². The van der Waals surface area contributed by atoms with E-state index in [1.54, 1.807) is 0 Å². The first-order valence-electron chi connectivity index (χ1n) is 6.15. The van der Waals surface area contributed by atoms with Crippen molar-refractivity contribution >= 4 is 10.8 Å². The van der Waals surface area contributed by atoms with Crippen molar-refractivity contribution in [3.63, 3.8) is 0 Å². The molecule has 0 aliphatic rings. The lowest BCUT2D eigenvalue weighted by molar-refractivity contribution is 0.916.